The van der Waals surface area contributed by atoms with Gasteiger partial charge in [-0.2, -0.15) is 11.8 Å². The highest BCUT2D eigenvalue weighted by Gasteiger charge is 2.31. The molecule has 0 aliphatic carbocycles. The zero-order valence-corrected chi connectivity index (χ0v) is 22.9. The lowest BCUT2D eigenvalue weighted by Crippen LogP contribution is -2.58. The minimum atomic E-state index is -1.18. The number of H-pyrrole nitrogens is 1. The molecule has 0 saturated heterocycles. The third kappa shape index (κ3) is 11.8. The molecule has 1 aromatic rings. The van der Waals surface area contributed by atoms with E-state index in [4.69, 9.17) is 17.2 Å². The standard InChI is InChI=1S/C23H41N9O5S/c1-4-13(2)18(24)21(35)30-15(6-5-8-28-23(25)26)19(33)32-17(10-14-11-27-12-29-14)20(34)31-16(22(36)37)7-9-38-3/h11-13,15-18H,4-10,24H2,1-3H3,(H,27,29)(H,30,35)(H,31,34)(H,32,33)(H,36,37)(H4,25,26,28)/t13-,15-,16-,17-,18-/m0/s1. The van der Waals surface area contributed by atoms with Gasteiger partial charge >= 0.3 is 5.97 Å². The van der Waals surface area contributed by atoms with Crippen molar-refractivity contribution in [2.24, 2.45) is 28.1 Å². The maximum absolute atomic E-state index is 13.3. The molecule has 214 valence electrons. The predicted octanol–water partition coefficient (Wildman–Crippen LogP) is -1.33. The van der Waals surface area contributed by atoms with Gasteiger partial charge in [0.05, 0.1) is 12.4 Å². The minimum Gasteiger partial charge on any atom is -0.480 e. The number of amides is 3. The molecule has 0 aliphatic heterocycles. The van der Waals surface area contributed by atoms with Crippen molar-refractivity contribution < 1.29 is 24.3 Å². The van der Waals surface area contributed by atoms with Gasteiger partial charge in [0.1, 0.15) is 18.1 Å². The lowest BCUT2D eigenvalue weighted by molar-refractivity contribution is -0.142. The van der Waals surface area contributed by atoms with E-state index in [9.17, 15) is 24.3 Å². The number of imidazole rings is 1. The topological polar surface area (TPSA) is 244 Å². The molecule has 38 heavy (non-hydrogen) atoms. The molecule has 0 fully saturated rings. The van der Waals surface area contributed by atoms with Crippen molar-refractivity contribution in [3.05, 3.63) is 18.2 Å². The fourth-order valence-corrected chi connectivity index (χ4v) is 3.89. The van der Waals surface area contributed by atoms with Crippen molar-refractivity contribution in [1.82, 2.24) is 25.9 Å². The molecule has 5 atom stereocenters. The Morgan fingerprint density at radius 2 is 1.71 bits per heavy atom. The molecule has 0 spiro atoms. The molecule has 1 heterocycles. The molecule has 0 aromatic carbocycles. The maximum atomic E-state index is 13.3. The molecule has 15 heteroatoms. The first-order valence-electron chi connectivity index (χ1n) is 12.4. The second-order valence-corrected chi connectivity index (χ2v) is 9.93. The molecule has 0 saturated carbocycles. The number of carboxylic acid groups (broad SMARTS) is 1. The number of carbonyl (C=O) groups excluding carboxylic acids is 3. The average Bonchev–Trinajstić information content (AvgIpc) is 3.39. The number of thioether (sulfide) groups is 1. The van der Waals surface area contributed by atoms with Crippen LogP contribution in [0.5, 0.6) is 0 Å². The summed E-state index contributed by atoms with van der Waals surface area (Å²) in [7, 11) is 0. The summed E-state index contributed by atoms with van der Waals surface area (Å²) in [5.41, 5.74) is 17.3. The van der Waals surface area contributed by atoms with Gasteiger partial charge in [0.2, 0.25) is 17.7 Å². The van der Waals surface area contributed by atoms with Gasteiger partial charge in [0.15, 0.2) is 5.96 Å². The minimum absolute atomic E-state index is 0.0213. The first kappa shape index (κ1) is 32.7. The van der Waals surface area contributed by atoms with E-state index in [2.05, 4.69) is 30.9 Å². The zero-order valence-electron chi connectivity index (χ0n) is 22.1. The van der Waals surface area contributed by atoms with E-state index in [1.54, 1.807) is 0 Å². The van der Waals surface area contributed by atoms with Crippen molar-refractivity contribution >= 4 is 41.4 Å². The normalized spacial score (nSPS) is 14.8. The Kier molecular flexibility index (Phi) is 14.8. The second kappa shape index (κ2) is 17.2. The number of nitrogens with two attached hydrogens (primary N) is 3. The number of nitrogens with zero attached hydrogens (tertiary/aromatic N) is 2. The summed E-state index contributed by atoms with van der Waals surface area (Å²) >= 11 is 1.45. The van der Waals surface area contributed by atoms with Crippen LogP contribution in [-0.4, -0.2) is 87.4 Å². The van der Waals surface area contributed by atoms with Crippen LogP contribution < -0.4 is 33.2 Å². The largest absolute Gasteiger partial charge is 0.480 e. The van der Waals surface area contributed by atoms with E-state index >= 15 is 0 Å². The van der Waals surface area contributed by atoms with Crippen LogP contribution in [-0.2, 0) is 25.6 Å². The van der Waals surface area contributed by atoms with E-state index < -0.39 is 47.9 Å². The number of carbonyl (C=O) groups is 4. The van der Waals surface area contributed by atoms with Crippen molar-refractivity contribution in [3.8, 4) is 0 Å². The van der Waals surface area contributed by atoms with Crippen molar-refractivity contribution in [2.75, 3.05) is 18.6 Å². The van der Waals surface area contributed by atoms with Crippen LogP contribution in [0.15, 0.2) is 17.5 Å². The summed E-state index contributed by atoms with van der Waals surface area (Å²) in [5, 5.41) is 17.3. The number of aliphatic carboxylic acids is 1. The number of aromatic nitrogens is 2. The smallest absolute Gasteiger partial charge is 0.326 e. The molecule has 0 bridgehead atoms. The number of rotatable bonds is 18. The number of guanidine groups is 1. The van der Waals surface area contributed by atoms with Crippen LogP contribution in [0.2, 0.25) is 0 Å². The zero-order chi connectivity index (χ0) is 28.7. The number of aliphatic imine (C=N–C) groups is 1. The van der Waals surface area contributed by atoms with Crippen molar-refractivity contribution in [3.63, 3.8) is 0 Å². The van der Waals surface area contributed by atoms with E-state index in [1.165, 1.54) is 24.3 Å². The van der Waals surface area contributed by atoms with Crippen molar-refractivity contribution in [2.45, 2.75) is 70.1 Å². The maximum Gasteiger partial charge on any atom is 0.326 e. The van der Waals surface area contributed by atoms with E-state index in [0.717, 1.165) is 0 Å². The van der Waals surface area contributed by atoms with E-state index in [-0.39, 0.29) is 37.7 Å². The Bertz CT molecular complexity index is 924. The first-order chi connectivity index (χ1) is 18.0. The summed E-state index contributed by atoms with van der Waals surface area (Å²) in [6, 6.07) is -4.13. The third-order valence-electron chi connectivity index (χ3n) is 5.98. The number of carboxylic acids is 1. The van der Waals surface area contributed by atoms with Crippen molar-refractivity contribution in [1.29, 1.82) is 0 Å². The first-order valence-corrected chi connectivity index (χ1v) is 13.8. The summed E-state index contributed by atoms with van der Waals surface area (Å²) in [4.78, 5) is 61.5. The van der Waals surface area contributed by atoms with Gasteiger partial charge in [-0.15, -0.1) is 0 Å². The highest BCUT2D eigenvalue weighted by molar-refractivity contribution is 7.98. The number of hydrogen-bond donors (Lipinski definition) is 8. The summed E-state index contributed by atoms with van der Waals surface area (Å²) in [6.07, 6.45) is 6.19. The summed E-state index contributed by atoms with van der Waals surface area (Å²) < 4.78 is 0. The van der Waals surface area contributed by atoms with E-state index in [0.29, 0.717) is 24.3 Å². The molecular weight excluding hydrogens is 514 g/mol. The quantitative estimate of drug-likeness (QED) is 0.0602. The van der Waals surface area contributed by atoms with Gasteiger partial charge in [-0.1, -0.05) is 20.3 Å². The molecule has 14 nitrogen and oxygen atoms in total. The molecule has 1 rings (SSSR count). The lowest BCUT2D eigenvalue weighted by Gasteiger charge is -2.26. The highest BCUT2D eigenvalue weighted by Crippen LogP contribution is 2.09. The van der Waals surface area contributed by atoms with Gasteiger partial charge in [-0.25, -0.2) is 9.78 Å². The highest BCUT2D eigenvalue weighted by atomic mass is 32.2. The Balaban J connectivity index is 3.10. The molecule has 3 amide bonds. The Hall–Kier alpha value is -3.33. The fraction of sp³-hybridized carbons (Fsp3) is 0.652. The van der Waals surface area contributed by atoms with Gasteiger partial charge < -0.3 is 43.2 Å². The van der Waals surface area contributed by atoms with Crippen LogP contribution in [0.25, 0.3) is 0 Å². The Labute approximate surface area is 226 Å². The Morgan fingerprint density at radius 1 is 1.08 bits per heavy atom. The average molecular weight is 556 g/mol. The van der Waals surface area contributed by atoms with Gasteiger partial charge in [-0.3, -0.25) is 19.4 Å². The van der Waals surface area contributed by atoms with Crippen LogP contribution in [0.4, 0.5) is 0 Å². The van der Waals surface area contributed by atoms with Gasteiger partial charge in [-0.05, 0) is 37.2 Å². The van der Waals surface area contributed by atoms with Crippen LogP contribution in [0.1, 0.15) is 45.2 Å². The monoisotopic (exact) mass is 555 g/mol. The molecule has 1 aromatic heterocycles. The number of nitrogens with one attached hydrogen (secondary N) is 4. The molecule has 0 unspecified atom stereocenters. The number of hydrogen-bond acceptors (Lipinski definition) is 8. The third-order valence-corrected chi connectivity index (χ3v) is 6.62. The van der Waals surface area contributed by atoms with Crippen LogP contribution in [0.3, 0.4) is 0 Å². The second-order valence-electron chi connectivity index (χ2n) is 8.94. The SMILES string of the molecule is CC[C@H](C)[C@H](N)C(=O)N[C@@H](CCCN=C(N)N)C(=O)N[C@@H](Cc1cnc[nH]1)C(=O)N[C@@H](CCSC)C(=O)O. The Morgan fingerprint density at radius 3 is 2.26 bits per heavy atom. The van der Waals surface area contributed by atoms with E-state index in [1.807, 2.05) is 20.1 Å². The van der Waals surface area contributed by atoms with Crippen LogP contribution >= 0.6 is 11.8 Å². The van der Waals surface area contributed by atoms with Gasteiger partial charge in [0.25, 0.3) is 0 Å². The summed E-state index contributed by atoms with van der Waals surface area (Å²) in [5.74, 6) is -2.68. The lowest BCUT2D eigenvalue weighted by atomic mass is 9.98. The molecule has 11 N–H and O–H groups in total. The predicted molar refractivity (Wildman–Crippen MR) is 146 cm³/mol. The molecule has 0 aliphatic rings. The summed E-state index contributed by atoms with van der Waals surface area (Å²) in [6.45, 7) is 3.96. The van der Waals surface area contributed by atoms with Gasteiger partial charge in [0, 0.05) is 24.9 Å². The van der Waals surface area contributed by atoms with Crippen LogP contribution in [0, 0.1) is 5.92 Å². The fourth-order valence-electron chi connectivity index (χ4n) is 3.42. The number of aromatic amines is 1. The molecule has 0 radical (unpaired) electrons. The molecular formula is C23H41N9O5S.